The van der Waals surface area contributed by atoms with E-state index in [0.29, 0.717) is 24.2 Å². The van der Waals surface area contributed by atoms with Crippen molar-refractivity contribution in [1.29, 1.82) is 0 Å². The predicted molar refractivity (Wildman–Crippen MR) is 107 cm³/mol. The summed E-state index contributed by atoms with van der Waals surface area (Å²) >= 11 is 1.46. The van der Waals surface area contributed by atoms with E-state index >= 15 is 0 Å². The van der Waals surface area contributed by atoms with E-state index in [9.17, 15) is 9.18 Å². The van der Waals surface area contributed by atoms with Gasteiger partial charge in [-0.3, -0.25) is 9.20 Å². The van der Waals surface area contributed by atoms with Gasteiger partial charge in [0.15, 0.2) is 10.7 Å². The molecule has 28 heavy (non-hydrogen) atoms. The van der Waals surface area contributed by atoms with Crippen LogP contribution >= 0.6 is 11.3 Å². The number of nitrogens with zero attached hydrogens (tertiary/aromatic N) is 2. The molecule has 1 amide bonds. The Hall–Kier alpha value is -3.19. The Kier molecular flexibility index (Phi) is 5.08. The van der Waals surface area contributed by atoms with Gasteiger partial charge in [0.2, 0.25) is 0 Å². The molecule has 0 saturated carbocycles. The fourth-order valence-corrected chi connectivity index (χ4v) is 3.78. The van der Waals surface area contributed by atoms with E-state index in [2.05, 4.69) is 10.3 Å². The van der Waals surface area contributed by atoms with Crippen LogP contribution in [0.1, 0.15) is 16.1 Å². The van der Waals surface area contributed by atoms with Crippen LogP contribution in [0.3, 0.4) is 0 Å². The number of ether oxygens (including phenoxy) is 1. The van der Waals surface area contributed by atoms with Crippen LogP contribution in [-0.4, -0.2) is 28.9 Å². The highest BCUT2D eigenvalue weighted by atomic mass is 32.1. The number of benzene rings is 2. The molecule has 4 rings (SSSR count). The highest BCUT2D eigenvalue weighted by Gasteiger charge is 2.21. The van der Waals surface area contributed by atoms with E-state index in [4.69, 9.17) is 4.74 Å². The average molecular weight is 395 g/mol. The van der Waals surface area contributed by atoms with Crippen molar-refractivity contribution in [2.24, 2.45) is 0 Å². The van der Waals surface area contributed by atoms with Crippen LogP contribution < -0.4 is 10.1 Å². The van der Waals surface area contributed by atoms with Gasteiger partial charge in [0, 0.05) is 23.7 Å². The molecule has 0 aliphatic carbocycles. The third-order valence-corrected chi connectivity index (χ3v) is 5.23. The van der Waals surface area contributed by atoms with Crippen molar-refractivity contribution in [3.05, 3.63) is 77.2 Å². The summed E-state index contributed by atoms with van der Waals surface area (Å²) in [6, 6.07) is 14.1. The van der Waals surface area contributed by atoms with Crippen LogP contribution in [0.4, 0.5) is 4.39 Å². The first-order valence-electron chi connectivity index (χ1n) is 8.79. The van der Waals surface area contributed by atoms with Crippen LogP contribution in [0.2, 0.25) is 0 Å². The van der Waals surface area contributed by atoms with Gasteiger partial charge in [0.1, 0.15) is 11.6 Å². The fourth-order valence-electron chi connectivity index (χ4n) is 3.06. The highest BCUT2D eigenvalue weighted by Crippen LogP contribution is 2.29. The Bertz CT molecular complexity index is 1120. The Morgan fingerprint density at radius 1 is 1.21 bits per heavy atom. The molecule has 5 nitrogen and oxygen atoms in total. The third kappa shape index (κ3) is 3.48. The van der Waals surface area contributed by atoms with Crippen molar-refractivity contribution in [1.82, 2.24) is 14.7 Å². The monoisotopic (exact) mass is 395 g/mol. The number of carbonyl (C=O) groups excluding carboxylic acids is 1. The maximum Gasteiger partial charge on any atom is 0.272 e. The van der Waals surface area contributed by atoms with E-state index in [-0.39, 0.29) is 11.7 Å². The molecule has 0 atom stereocenters. The summed E-state index contributed by atoms with van der Waals surface area (Å²) in [5.41, 5.74) is 2.52. The molecule has 1 N–H and O–H groups in total. The van der Waals surface area contributed by atoms with E-state index < -0.39 is 0 Å². The molecule has 0 aliphatic heterocycles. The maximum atomic E-state index is 13.7. The molecule has 0 radical (unpaired) electrons. The number of imidazole rings is 1. The Balaban J connectivity index is 1.58. The summed E-state index contributed by atoms with van der Waals surface area (Å²) in [6.07, 6.45) is 2.31. The summed E-state index contributed by atoms with van der Waals surface area (Å²) in [4.78, 5) is 18.0. The first-order valence-corrected chi connectivity index (χ1v) is 9.67. The maximum absolute atomic E-state index is 13.7. The zero-order valence-corrected chi connectivity index (χ0v) is 16.0. The Morgan fingerprint density at radius 3 is 2.75 bits per heavy atom. The number of carbonyl (C=O) groups is 1. The number of hydrogen-bond acceptors (Lipinski definition) is 4. The predicted octanol–water partition coefficient (Wildman–Crippen LogP) is 4.18. The van der Waals surface area contributed by atoms with Gasteiger partial charge in [0.05, 0.1) is 12.8 Å². The second-order valence-corrected chi connectivity index (χ2v) is 7.06. The van der Waals surface area contributed by atoms with E-state index in [1.165, 1.54) is 17.4 Å². The second-order valence-electron chi connectivity index (χ2n) is 6.19. The number of amides is 1. The molecule has 0 aliphatic rings. The SMILES string of the molecule is COc1ccc(-c2c(C(=O)NCCc3ccccc3F)nc3sccn23)cc1. The molecular weight excluding hydrogens is 377 g/mol. The number of halogens is 1. The largest absolute Gasteiger partial charge is 0.497 e. The molecule has 0 fully saturated rings. The van der Waals surface area contributed by atoms with Gasteiger partial charge < -0.3 is 10.1 Å². The Labute approximate surface area is 165 Å². The zero-order valence-electron chi connectivity index (χ0n) is 15.2. The van der Waals surface area contributed by atoms with Gasteiger partial charge in [0.25, 0.3) is 5.91 Å². The van der Waals surface area contributed by atoms with Gasteiger partial charge in [-0.2, -0.15) is 0 Å². The molecule has 0 bridgehead atoms. The van der Waals surface area contributed by atoms with Crippen molar-refractivity contribution >= 4 is 22.2 Å². The fraction of sp³-hybridized carbons (Fsp3) is 0.143. The lowest BCUT2D eigenvalue weighted by molar-refractivity contribution is 0.0950. The normalized spacial score (nSPS) is 10.9. The number of fused-ring (bicyclic) bond motifs is 1. The summed E-state index contributed by atoms with van der Waals surface area (Å²) in [7, 11) is 1.61. The summed E-state index contributed by atoms with van der Waals surface area (Å²) in [6.45, 7) is 0.326. The van der Waals surface area contributed by atoms with Crippen molar-refractivity contribution < 1.29 is 13.9 Å². The number of thiazole rings is 1. The van der Waals surface area contributed by atoms with Gasteiger partial charge in [-0.25, -0.2) is 9.37 Å². The number of hydrogen-bond donors (Lipinski definition) is 1. The molecule has 7 heteroatoms. The van der Waals surface area contributed by atoms with Crippen LogP contribution in [0, 0.1) is 5.82 Å². The molecule has 4 aromatic rings. The highest BCUT2D eigenvalue weighted by molar-refractivity contribution is 7.15. The van der Waals surface area contributed by atoms with Crippen molar-refractivity contribution in [3.8, 4) is 17.0 Å². The summed E-state index contributed by atoms with van der Waals surface area (Å²) < 4.78 is 20.9. The molecule has 2 heterocycles. The van der Waals surface area contributed by atoms with Crippen LogP contribution in [0.15, 0.2) is 60.1 Å². The third-order valence-electron chi connectivity index (χ3n) is 4.48. The van der Waals surface area contributed by atoms with E-state index in [0.717, 1.165) is 22.0 Å². The molecule has 0 unspecified atom stereocenters. The van der Waals surface area contributed by atoms with Gasteiger partial charge in [-0.1, -0.05) is 18.2 Å². The molecule has 0 spiro atoms. The molecule has 2 aromatic heterocycles. The van der Waals surface area contributed by atoms with Crippen molar-refractivity contribution in [2.75, 3.05) is 13.7 Å². The molecule has 0 saturated heterocycles. The number of nitrogens with one attached hydrogen (secondary N) is 1. The molecular formula is C21H18FN3O2S. The smallest absolute Gasteiger partial charge is 0.272 e. The average Bonchev–Trinajstić information content (AvgIpc) is 3.31. The topological polar surface area (TPSA) is 55.6 Å². The minimum Gasteiger partial charge on any atom is -0.497 e. The van der Waals surface area contributed by atoms with Crippen molar-refractivity contribution in [3.63, 3.8) is 0 Å². The van der Waals surface area contributed by atoms with Crippen LogP contribution in [0.25, 0.3) is 16.2 Å². The number of aromatic nitrogens is 2. The lowest BCUT2D eigenvalue weighted by atomic mass is 10.1. The van der Waals surface area contributed by atoms with Gasteiger partial charge in [-0.15, -0.1) is 11.3 Å². The van der Waals surface area contributed by atoms with Crippen molar-refractivity contribution in [2.45, 2.75) is 6.42 Å². The second kappa shape index (κ2) is 7.82. The van der Waals surface area contributed by atoms with E-state index in [1.54, 1.807) is 25.3 Å². The lowest BCUT2D eigenvalue weighted by Gasteiger charge is -2.08. The van der Waals surface area contributed by atoms with Gasteiger partial charge >= 0.3 is 0 Å². The number of rotatable bonds is 6. The summed E-state index contributed by atoms with van der Waals surface area (Å²) in [5.74, 6) is 0.196. The quantitative estimate of drug-likeness (QED) is 0.533. The van der Waals surface area contributed by atoms with E-state index in [1.807, 2.05) is 40.2 Å². The number of methoxy groups -OCH3 is 1. The van der Waals surface area contributed by atoms with Gasteiger partial charge in [-0.05, 0) is 42.3 Å². The zero-order chi connectivity index (χ0) is 19.5. The van der Waals surface area contributed by atoms with Crippen LogP contribution in [0.5, 0.6) is 5.75 Å². The minimum absolute atomic E-state index is 0.266. The first kappa shape index (κ1) is 18.2. The minimum atomic E-state index is -0.280. The Morgan fingerprint density at radius 2 is 2.00 bits per heavy atom. The van der Waals surface area contributed by atoms with Crippen LogP contribution in [-0.2, 0) is 6.42 Å². The molecule has 142 valence electrons. The summed E-state index contributed by atoms with van der Waals surface area (Å²) in [5, 5.41) is 4.78. The lowest BCUT2D eigenvalue weighted by Crippen LogP contribution is -2.26. The standard InChI is InChI=1S/C21H18FN3O2S/c1-27-16-8-6-15(7-9-16)19-18(24-21-25(19)12-13-28-21)20(26)23-11-10-14-4-2-3-5-17(14)22/h2-9,12-13H,10-11H2,1H3,(H,23,26). The first-order chi connectivity index (χ1) is 13.7. The molecule has 2 aromatic carbocycles.